The Morgan fingerprint density at radius 3 is 2.58 bits per heavy atom. The molecule has 0 radical (unpaired) electrons. The predicted octanol–water partition coefficient (Wildman–Crippen LogP) is 0.605. The molecular weight excluding hydrogens is 356 g/mol. The number of rotatable bonds is 4. The summed E-state index contributed by atoms with van der Waals surface area (Å²) in [6, 6.07) is 8.11. The summed E-state index contributed by atoms with van der Waals surface area (Å²) in [5.41, 5.74) is 1.18. The Bertz CT molecular complexity index is 862. The zero-order valence-corrected chi connectivity index (χ0v) is 15.2. The van der Waals surface area contributed by atoms with E-state index in [-0.39, 0.29) is 22.9 Å². The highest BCUT2D eigenvalue weighted by Crippen LogP contribution is 2.39. The van der Waals surface area contributed by atoms with Crippen molar-refractivity contribution in [2.24, 2.45) is 0 Å². The average Bonchev–Trinajstić information content (AvgIpc) is 2.64. The van der Waals surface area contributed by atoms with Gasteiger partial charge in [0.15, 0.2) is 0 Å². The highest BCUT2D eigenvalue weighted by molar-refractivity contribution is 7.90. The number of hydrogen-bond acceptors (Lipinski definition) is 5. The predicted molar refractivity (Wildman–Crippen MR) is 94.7 cm³/mol. The molecule has 1 aromatic rings. The number of carbonyl (C=O) groups is 3. The number of esters is 1. The molecule has 0 bridgehead atoms. The zero-order valence-electron chi connectivity index (χ0n) is 14.4. The smallest absolute Gasteiger partial charge is 0.355 e. The average molecular weight is 374 g/mol. The molecule has 0 saturated carbocycles. The number of β-lactam (4-membered cyclic amide) rings is 1. The summed E-state index contributed by atoms with van der Waals surface area (Å²) in [4.78, 5) is 38.2. The Labute approximate surface area is 153 Å². The molecule has 2 aliphatic heterocycles. The van der Waals surface area contributed by atoms with E-state index in [9.17, 15) is 18.6 Å². The van der Waals surface area contributed by atoms with Gasteiger partial charge in [0.25, 0.3) is 5.91 Å². The van der Waals surface area contributed by atoms with Gasteiger partial charge in [0.1, 0.15) is 17.1 Å². The van der Waals surface area contributed by atoms with Gasteiger partial charge in [-0.25, -0.2) is 4.79 Å². The van der Waals surface area contributed by atoms with Crippen molar-refractivity contribution >= 4 is 28.6 Å². The molecule has 0 aliphatic carbocycles. The molecular formula is C18H18N2O5S. The van der Waals surface area contributed by atoms with Crippen LogP contribution in [-0.2, 0) is 36.3 Å². The first-order valence-corrected chi connectivity index (χ1v) is 9.13. The van der Waals surface area contributed by atoms with Crippen LogP contribution in [-0.4, -0.2) is 45.4 Å². The van der Waals surface area contributed by atoms with Crippen LogP contribution in [0.25, 0.3) is 0 Å². The number of amides is 2. The molecule has 1 fully saturated rings. The molecule has 1 unspecified atom stereocenters. The van der Waals surface area contributed by atoms with E-state index in [1.54, 1.807) is 19.1 Å². The number of benzene rings is 1. The van der Waals surface area contributed by atoms with Crippen molar-refractivity contribution in [2.75, 3.05) is 7.11 Å². The van der Waals surface area contributed by atoms with E-state index in [4.69, 9.17) is 4.74 Å². The number of ether oxygens (including phenoxy) is 1. The zero-order chi connectivity index (χ0) is 19.0. The van der Waals surface area contributed by atoms with E-state index < -0.39 is 34.1 Å². The van der Waals surface area contributed by atoms with Crippen LogP contribution in [0, 0.1) is 0 Å². The van der Waals surface area contributed by atoms with Gasteiger partial charge in [0.2, 0.25) is 5.91 Å². The monoisotopic (exact) mass is 374 g/mol. The van der Waals surface area contributed by atoms with Gasteiger partial charge in [-0.2, -0.15) is 0 Å². The van der Waals surface area contributed by atoms with Gasteiger partial charge < -0.3 is 10.1 Å². The van der Waals surface area contributed by atoms with E-state index in [1.165, 1.54) is 7.11 Å². The minimum absolute atomic E-state index is 0.0284. The first-order chi connectivity index (χ1) is 12.4. The molecule has 3 atom stereocenters. The topological polar surface area (TPSA) is 92.8 Å². The Kier molecular flexibility index (Phi) is 4.78. The maximum Gasteiger partial charge on any atom is 0.355 e. The molecule has 1 aromatic carbocycles. The normalized spacial score (nSPS) is 24.7. The minimum Gasteiger partial charge on any atom is -0.464 e. The number of nitrogens with zero attached hydrogens (tertiary/aromatic N) is 1. The number of methoxy groups -OCH3 is 1. The number of carbonyl (C=O) groups excluding carboxylic acids is 3. The lowest BCUT2D eigenvalue weighted by molar-refractivity contribution is -0.151. The van der Waals surface area contributed by atoms with Crippen molar-refractivity contribution in [3.05, 3.63) is 58.6 Å². The summed E-state index contributed by atoms with van der Waals surface area (Å²) in [6.07, 6.45) is 0.101. The molecule has 1 saturated heterocycles. The van der Waals surface area contributed by atoms with Gasteiger partial charge in [0.05, 0.1) is 24.3 Å². The van der Waals surface area contributed by atoms with E-state index in [0.717, 1.165) is 10.5 Å². The molecule has 26 heavy (non-hydrogen) atoms. The first-order valence-electron chi connectivity index (χ1n) is 7.92. The van der Waals surface area contributed by atoms with Crippen molar-refractivity contribution in [1.29, 1.82) is 0 Å². The second-order valence-electron chi connectivity index (χ2n) is 5.99. The second kappa shape index (κ2) is 6.87. The quantitative estimate of drug-likeness (QED) is 0.616. The molecule has 1 N–H and O–H groups in total. The van der Waals surface area contributed by atoms with Gasteiger partial charge in [-0.05, 0) is 18.1 Å². The van der Waals surface area contributed by atoms with Crippen LogP contribution in [0.1, 0.15) is 12.5 Å². The van der Waals surface area contributed by atoms with Crippen LogP contribution < -0.4 is 5.32 Å². The molecule has 8 heteroatoms. The number of nitrogens with one attached hydrogen (secondary N) is 1. The van der Waals surface area contributed by atoms with Crippen LogP contribution in [0.15, 0.2) is 53.1 Å². The number of hydrogen-bond donors (Lipinski definition) is 1. The highest BCUT2D eigenvalue weighted by atomic mass is 32.2. The van der Waals surface area contributed by atoms with Crippen molar-refractivity contribution in [2.45, 2.75) is 24.8 Å². The molecule has 7 nitrogen and oxygen atoms in total. The highest BCUT2D eigenvalue weighted by Gasteiger charge is 2.57. The van der Waals surface area contributed by atoms with Crippen LogP contribution in [0.4, 0.5) is 0 Å². The van der Waals surface area contributed by atoms with Gasteiger partial charge in [-0.15, -0.1) is 0 Å². The summed E-state index contributed by atoms with van der Waals surface area (Å²) in [5, 5.41) is 1.76. The fourth-order valence-electron chi connectivity index (χ4n) is 3.02. The lowest BCUT2D eigenvalue weighted by Gasteiger charge is -2.49. The fourth-order valence-corrected chi connectivity index (χ4v) is 4.54. The molecule has 2 amide bonds. The van der Waals surface area contributed by atoms with Crippen LogP contribution in [0.5, 0.6) is 0 Å². The van der Waals surface area contributed by atoms with Crippen LogP contribution >= 0.6 is 0 Å². The Hall–Kier alpha value is -2.74. The van der Waals surface area contributed by atoms with Gasteiger partial charge in [0, 0.05) is 4.91 Å². The summed E-state index contributed by atoms with van der Waals surface area (Å²) in [7, 11) is -0.422. The maximum absolute atomic E-state index is 12.6. The lowest BCUT2D eigenvalue weighted by Crippen LogP contribution is -2.73. The molecule has 3 rings (SSSR count). The van der Waals surface area contributed by atoms with E-state index in [0.29, 0.717) is 5.57 Å². The van der Waals surface area contributed by atoms with Crippen LogP contribution in [0.3, 0.4) is 0 Å². The van der Waals surface area contributed by atoms with E-state index >= 15 is 0 Å². The van der Waals surface area contributed by atoms with Gasteiger partial charge in [-0.3, -0.25) is 18.7 Å². The third-order valence-corrected chi connectivity index (χ3v) is 6.14. The molecule has 2 heterocycles. The largest absolute Gasteiger partial charge is 0.464 e. The maximum atomic E-state index is 12.6. The Morgan fingerprint density at radius 1 is 1.31 bits per heavy atom. The second-order valence-corrected chi connectivity index (χ2v) is 7.56. The Balaban J connectivity index is 1.80. The van der Waals surface area contributed by atoms with Crippen LogP contribution in [0.2, 0.25) is 0 Å². The van der Waals surface area contributed by atoms with Gasteiger partial charge >= 0.3 is 5.97 Å². The lowest BCUT2D eigenvalue weighted by atomic mass is 10.0. The summed E-state index contributed by atoms with van der Waals surface area (Å²) >= 11 is 0. The molecule has 0 spiro atoms. The molecule has 0 aromatic heterocycles. The minimum atomic E-state index is -1.63. The van der Waals surface area contributed by atoms with Crippen molar-refractivity contribution in [3.63, 3.8) is 0 Å². The first kappa shape index (κ1) is 18.1. The molecule has 136 valence electrons. The Morgan fingerprint density at radius 2 is 1.96 bits per heavy atom. The van der Waals surface area contributed by atoms with E-state index in [2.05, 4.69) is 11.9 Å². The summed E-state index contributed by atoms with van der Waals surface area (Å²) in [5.74, 6) is -1.55. The number of allylic oxidation sites excluding steroid dienone is 1. The SMILES string of the molecule is C=C1C(C)=C(C(=O)OC)N2C(=O)[C@@H](NC(=O)Cc3ccccc3)[C@H]2S1=O. The van der Waals surface area contributed by atoms with E-state index in [1.807, 2.05) is 18.2 Å². The third kappa shape index (κ3) is 2.86. The third-order valence-electron chi connectivity index (χ3n) is 4.42. The standard InChI is InChI=1S/C18H18N2O5S/c1-10-11(2)26(24)17-14(16(22)20(17)15(10)18(23)25-3)19-13(21)9-12-7-5-4-6-8-12/h4-8,14,17H,2,9H2,1,3H3,(H,19,21)/t14-,17-,26?/m1/s1. The van der Waals surface area contributed by atoms with Gasteiger partial charge in [-0.1, -0.05) is 36.9 Å². The fraction of sp³-hybridized carbons (Fsp3) is 0.278. The summed E-state index contributed by atoms with van der Waals surface area (Å²) in [6.45, 7) is 5.32. The number of fused-ring (bicyclic) bond motifs is 1. The van der Waals surface area contributed by atoms with Crippen molar-refractivity contribution < 1.29 is 23.3 Å². The van der Waals surface area contributed by atoms with Crippen molar-refractivity contribution in [3.8, 4) is 0 Å². The summed E-state index contributed by atoms with van der Waals surface area (Å²) < 4.78 is 17.4. The van der Waals surface area contributed by atoms with Crippen molar-refractivity contribution in [1.82, 2.24) is 10.2 Å². The molecule has 2 aliphatic rings.